The van der Waals surface area contributed by atoms with Gasteiger partial charge in [-0.1, -0.05) is 90.2 Å². The number of hydrogen-bond donors (Lipinski definition) is 0. The van der Waals surface area contributed by atoms with E-state index >= 15 is 0 Å². The number of unbranched alkanes of at least 4 members (excludes halogenated alkanes) is 5. The van der Waals surface area contributed by atoms with Gasteiger partial charge in [0.25, 0.3) is 0 Å². The maximum Gasteiger partial charge on any atom is 0.113 e. The third-order valence-electron chi connectivity index (χ3n) is 4.98. The summed E-state index contributed by atoms with van der Waals surface area (Å²) in [6.45, 7) is 5.55. The Morgan fingerprint density at radius 2 is 1.33 bits per heavy atom. The molecule has 1 aromatic carbocycles. The minimum Gasteiger partial charge on any atom is -0.184 e. The number of fused-ring (bicyclic) bond motifs is 1. The largest absolute Gasteiger partial charge is 0.184 e. The lowest BCUT2D eigenvalue weighted by Gasteiger charge is -2.16. The highest BCUT2D eigenvalue weighted by atomic mass is 15.5. The highest BCUT2D eigenvalue weighted by Crippen LogP contribution is 2.23. The second kappa shape index (κ2) is 11.2. The van der Waals surface area contributed by atoms with Gasteiger partial charge in [-0.3, -0.25) is 0 Å². The summed E-state index contributed by atoms with van der Waals surface area (Å²) in [6, 6.07) is 8.13. The molecule has 0 fully saturated rings. The molecule has 0 aliphatic heterocycles. The van der Waals surface area contributed by atoms with Gasteiger partial charge in [-0.25, -0.2) is 0 Å². The van der Waals surface area contributed by atoms with E-state index in [9.17, 15) is 0 Å². The Balaban J connectivity index is 1.68. The molecule has 1 unspecified atom stereocenters. The average molecular weight is 330 g/mol. The lowest BCUT2D eigenvalue weighted by molar-refractivity contribution is 0.365. The van der Waals surface area contributed by atoms with Gasteiger partial charge in [0.1, 0.15) is 11.0 Å². The fourth-order valence-electron chi connectivity index (χ4n) is 3.48. The Kier molecular flexibility index (Phi) is 8.86. The van der Waals surface area contributed by atoms with Gasteiger partial charge in [0.05, 0.1) is 6.54 Å². The van der Waals surface area contributed by atoms with E-state index < -0.39 is 0 Å². The maximum atomic E-state index is 4.55. The first-order chi connectivity index (χ1) is 11.8. The van der Waals surface area contributed by atoms with Crippen LogP contribution in [0.2, 0.25) is 0 Å². The Labute approximate surface area is 147 Å². The smallest absolute Gasteiger partial charge is 0.113 e. The summed E-state index contributed by atoms with van der Waals surface area (Å²) in [5.74, 6) is 0.937. The second-order valence-electron chi connectivity index (χ2n) is 7.14. The van der Waals surface area contributed by atoms with E-state index in [-0.39, 0.29) is 0 Å². The van der Waals surface area contributed by atoms with Crippen LogP contribution in [0.25, 0.3) is 11.0 Å². The van der Waals surface area contributed by atoms with Crippen LogP contribution in [0.5, 0.6) is 0 Å². The van der Waals surface area contributed by atoms with Crippen molar-refractivity contribution in [1.29, 1.82) is 0 Å². The molecule has 0 amide bonds. The highest BCUT2D eigenvalue weighted by Gasteiger charge is 2.08. The lowest BCUT2D eigenvalue weighted by Crippen LogP contribution is -2.05. The van der Waals surface area contributed by atoms with Crippen LogP contribution in [0.4, 0.5) is 0 Å². The number of aryl methyl sites for hydroxylation is 1. The molecule has 0 aliphatic carbocycles. The van der Waals surface area contributed by atoms with Crippen molar-refractivity contribution in [2.45, 2.75) is 91.0 Å². The monoisotopic (exact) mass is 329 g/mol. The maximum absolute atomic E-state index is 4.55. The summed E-state index contributed by atoms with van der Waals surface area (Å²) < 4.78 is 0. The number of rotatable bonds is 13. The van der Waals surface area contributed by atoms with Gasteiger partial charge in [0.2, 0.25) is 0 Å². The van der Waals surface area contributed by atoms with Crippen LogP contribution in [0.3, 0.4) is 0 Å². The molecule has 0 radical (unpaired) electrons. The standard InChI is InChI=1S/C21H35N3/c1-3-5-7-8-14-19(13-6-4-2)15-11-12-18-24-22-20-16-9-10-17-21(20)23-24/h9-10,16-17,19H,3-8,11-15,18H2,1-2H3. The van der Waals surface area contributed by atoms with Crippen molar-refractivity contribution in [2.75, 3.05) is 0 Å². The summed E-state index contributed by atoms with van der Waals surface area (Å²) in [7, 11) is 0. The third kappa shape index (κ3) is 6.62. The fourth-order valence-corrected chi connectivity index (χ4v) is 3.48. The SMILES string of the molecule is CCCCCCC(CCCC)CCCCn1nc2ccccc2n1. The Morgan fingerprint density at radius 3 is 1.96 bits per heavy atom. The van der Waals surface area contributed by atoms with Crippen molar-refractivity contribution >= 4 is 11.0 Å². The fraction of sp³-hybridized carbons (Fsp3) is 0.714. The van der Waals surface area contributed by atoms with Crippen molar-refractivity contribution in [3.63, 3.8) is 0 Å². The summed E-state index contributed by atoms with van der Waals surface area (Å²) in [6.07, 6.45) is 15.0. The minimum atomic E-state index is 0.937. The molecule has 1 heterocycles. The molecule has 0 spiro atoms. The highest BCUT2D eigenvalue weighted by molar-refractivity contribution is 5.72. The van der Waals surface area contributed by atoms with Gasteiger partial charge in [0.15, 0.2) is 0 Å². The first-order valence-corrected chi connectivity index (χ1v) is 10.1. The Bertz CT molecular complexity index is 528. The van der Waals surface area contributed by atoms with Crippen molar-refractivity contribution in [2.24, 2.45) is 5.92 Å². The van der Waals surface area contributed by atoms with E-state index in [4.69, 9.17) is 0 Å². The molecular formula is C21H35N3. The van der Waals surface area contributed by atoms with E-state index in [1.165, 1.54) is 70.6 Å². The predicted octanol–water partition coefficient (Wildman–Crippen LogP) is 6.38. The molecule has 24 heavy (non-hydrogen) atoms. The topological polar surface area (TPSA) is 30.7 Å². The van der Waals surface area contributed by atoms with Crippen LogP contribution < -0.4 is 0 Å². The molecule has 134 valence electrons. The van der Waals surface area contributed by atoms with Gasteiger partial charge < -0.3 is 0 Å². The quantitative estimate of drug-likeness (QED) is 0.399. The molecule has 0 N–H and O–H groups in total. The molecule has 0 saturated heterocycles. The molecule has 1 atom stereocenters. The zero-order valence-electron chi connectivity index (χ0n) is 15.7. The Morgan fingerprint density at radius 1 is 0.750 bits per heavy atom. The molecular weight excluding hydrogens is 294 g/mol. The van der Waals surface area contributed by atoms with Crippen molar-refractivity contribution < 1.29 is 0 Å². The van der Waals surface area contributed by atoms with E-state index in [0.717, 1.165) is 23.5 Å². The zero-order valence-corrected chi connectivity index (χ0v) is 15.7. The van der Waals surface area contributed by atoms with Gasteiger partial charge in [-0.05, 0) is 24.5 Å². The number of aromatic nitrogens is 3. The normalized spacial score (nSPS) is 12.8. The lowest BCUT2D eigenvalue weighted by atomic mass is 9.90. The van der Waals surface area contributed by atoms with Crippen LogP contribution in [0, 0.1) is 5.92 Å². The molecule has 2 rings (SSSR count). The number of hydrogen-bond acceptors (Lipinski definition) is 2. The molecule has 0 aliphatic rings. The molecule has 3 nitrogen and oxygen atoms in total. The second-order valence-corrected chi connectivity index (χ2v) is 7.14. The summed E-state index contributed by atoms with van der Waals surface area (Å²) in [5.41, 5.74) is 2.02. The van der Waals surface area contributed by atoms with Crippen LogP contribution in [0.1, 0.15) is 84.5 Å². The molecule has 0 saturated carbocycles. The molecule has 3 heteroatoms. The van der Waals surface area contributed by atoms with E-state index in [1.807, 2.05) is 29.1 Å². The van der Waals surface area contributed by atoms with Crippen LogP contribution in [-0.2, 0) is 6.54 Å². The summed E-state index contributed by atoms with van der Waals surface area (Å²) in [4.78, 5) is 1.88. The first-order valence-electron chi connectivity index (χ1n) is 10.1. The third-order valence-corrected chi connectivity index (χ3v) is 4.98. The van der Waals surface area contributed by atoms with Gasteiger partial charge in [0, 0.05) is 0 Å². The minimum absolute atomic E-state index is 0.937. The van der Waals surface area contributed by atoms with Gasteiger partial charge in [-0.2, -0.15) is 15.0 Å². The van der Waals surface area contributed by atoms with E-state index in [1.54, 1.807) is 0 Å². The van der Waals surface area contributed by atoms with Crippen molar-refractivity contribution in [1.82, 2.24) is 15.0 Å². The summed E-state index contributed by atoms with van der Waals surface area (Å²) >= 11 is 0. The number of benzene rings is 1. The average Bonchev–Trinajstić information content (AvgIpc) is 3.02. The summed E-state index contributed by atoms with van der Waals surface area (Å²) in [5, 5.41) is 9.11. The van der Waals surface area contributed by atoms with Gasteiger partial charge >= 0.3 is 0 Å². The van der Waals surface area contributed by atoms with E-state index in [0.29, 0.717) is 0 Å². The number of nitrogens with zero attached hydrogens (tertiary/aromatic N) is 3. The van der Waals surface area contributed by atoms with Crippen molar-refractivity contribution in [3.05, 3.63) is 24.3 Å². The van der Waals surface area contributed by atoms with E-state index in [2.05, 4.69) is 24.0 Å². The van der Waals surface area contributed by atoms with Crippen LogP contribution >= 0.6 is 0 Å². The molecule has 1 aromatic heterocycles. The van der Waals surface area contributed by atoms with Crippen LogP contribution in [-0.4, -0.2) is 15.0 Å². The predicted molar refractivity (Wildman–Crippen MR) is 103 cm³/mol. The molecule has 0 bridgehead atoms. The zero-order chi connectivity index (χ0) is 17.0. The first kappa shape index (κ1) is 19.0. The van der Waals surface area contributed by atoms with Crippen molar-refractivity contribution in [3.8, 4) is 0 Å². The van der Waals surface area contributed by atoms with Gasteiger partial charge in [-0.15, -0.1) is 0 Å². The Hall–Kier alpha value is -1.38. The molecule has 2 aromatic rings. The van der Waals surface area contributed by atoms with Crippen LogP contribution in [0.15, 0.2) is 24.3 Å².